The lowest BCUT2D eigenvalue weighted by atomic mass is 10.0. The van der Waals surface area contributed by atoms with E-state index in [0.29, 0.717) is 19.1 Å². The summed E-state index contributed by atoms with van der Waals surface area (Å²) in [6.07, 6.45) is 1.90. The Morgan fingerprint density at radius 3 is 2.30 bits per heavy atom. The lowest BCUT2D eigenvalue weighted by Crippen LogP contribution is -2.55. The Morgan fingerprint density at radius 2 is 1.70 bits per heavy atom. The monoisotopic (exact) mass is 374 g/mol. The number of piperazine rings is 1. The molecule has 1 aromatic carbocycles. The highest BCUT2D eigenvalue weighted by Gasteiger charge is 2.29. The van der Waals surface area contributed by atoms with Gasteiger partial charge in [0, 0.05) is 51.9 Å². The second-order valence-electron chi connectivity index (χ2n) is 7.53. The van der Waals surface area contributed by atoms with Gasteiger partial charge >= 0.3 is 12.0 Å². The van der Waals surface area contributed by atoms with Crippen molar-refractivity contribution in [3.63, 3.8) is 0 Å². The highest BCUT2D eigenvalue weighted by molar-refractivity contribution is 5.82. The minimum absolute atomic E-state index is 0.268. The molecule has 148 valence electrons. The predicted octanol–water partition coefficient (Wildman–Crippen LogP) is 1.45. The number of carbonyl (C=O) groups is 2. The number of rotatable bonds is 5. The summed E-state index contributed by atoms with van der Waals surface area (Å²) in [6.45, 7) is 8.16. The van der Waals surface area contributed by atoms with Gasteiger partial charge in [0.2, 0.25) is 0 Å². The van der Waals surface area contributed by atoms with Crippen molar-refractivity contribution in [2.24, 2.45) is 0 Å². The van der Waals surface area contributed by atoms with Gasteiger partial charge in [-0.15, -0.1) is 0 Å². The minimum Gasteiger partial charge on any atom is -0.480 e. The third-order valence-electron chi connectivity index (χ3n) is 5.63. The molecule has 0 aromatic heterocycles. The van der Waals surface area contributed by atoms with Crippen LogP contribution in [0.5, 0.6) is 0 Å². The van der Waals surface area contributed by atoms with Gasteiger partial charge in [0.1, 0.15) is 6.04 Å². The first-order chi connectivity index (χ1) is 13.0. The Morgan fingerprint density at radius 1 is 1.07 bits per heavy atom. The van der Waals surface area contributed by atoms with Crippen LogP contribution in [-0.4, -0.2) is 83.2 Å². The zero-order valence-electron chi connectivity index (χ0n) is 16.0. The fraction of sp³-hybridized carbons (Fsp3) is 0.600. The molecule has 2 saturated heterocycles. The molecule has 1 atom stereocenters. The fourth-order valence-electron chi connectivity index (χ4n) is 3.90. The summed E-state index contributed by atoms with van der Waals surface area (Å²) < 4.78 is 0. The van der Waals surface area contributed by atoms with Crippen LogP contribution in [0.25, 0.3) is 0 Å². The van der Waals surface area contributed by atoms with Crippen molar-refractivity contribution >= 4 is 12.0 Å². The smallest absolute Gasteiger partial charge is 0.325 e. The molecular formula is C20H30N4O3. The summed E-state index contributed by atoms with van der Waals surface area (Å²) in [5.41, 5.74) is 1.36. The van der Waals surface area contributed by atoms with Gasteiger partial charge < -0.3 is 15.3 Å². The van der Waals surface area contributed by atoms with E-state index in [-0.39, 0.29) is 6.03 Å². The summed E-state index contributed by atoms with van der Waals surface area (Å²) in [5, 5.41) is 11.5. The van der Waals surface area contributed by atoms with E-state index < -0.39 is 12.0 Å². The van der Waals surface area contributed by atoms with E-state index in [0.717, 1.165) is 45.6 Å². The summed E-state index contributed by atoms with van der Waals surface area (Å²) >= 11 is 0. The standard InChI is InChI=1S/C20H30N4O3/c1-16(19(25)26)21-20(27)24-9-7-18(8-10-24)23-13-11-22(12-14-23)15-17-5-3-2-4-6-17/h2-6,16,18H,7-15H2,1H3,(H,21,27)(H,25,26)/t16-/m1/s1. The maximum Gasteiger partial charge on any atom is 0.325 e. The molecule has 0 unspecified atom stereocenters. The summed E-state index contributed by atoms with van der Waals surface area (Å²) in [4.78, 5) is 29.8. The highest BCUT2D eigenvalue weighted by Crippen LogP contribution is 2.19. The second kappa shape index (κ2) is 9.19. The quantitative estimate of drug-likeness (QED) is 0.816. The lowest BCUT2D eigenvalue weighted by Gasteiger charge is -2.42. The van der Waals surface area contributed by atoms with Crippen molar-refractivity contribution in [1.29, 1.82) is 0 Å². The normalized spacial score (nSPS) is 21.0. The van der Waals surface area contributed by atoms with Crippen molar-refractivity contribution in [2.45, 2.75) is 38.4 Å². The fourth-order valence-corrected chi connectivity index (χ4v) is 3.90. The van der Waals surface area contributed by atoms with E-state index in [1.165, 1.54) is 12.5 Å². The summed E-state index contributed by atoms with van der Waals surface area (Å²) in [5.74, 6) is -1.01. The molecule has 1 aromatic rings. The number of nitrogens with one attached hydrogen (secondary N) is 1. The van der Waals surface area contributed by atoms with Gasteiger partial charge in [0.25, 0.3) is 0 Å². The van der Waals surface area contributed by atoms with Crippen molar-refractivity contribution in [3.05, 3.63) is 35.9 Å². The Hall–Kier alpha value is -2.12. The van der Waals surface area contributed by atoms with E-state index in [4.69, 9.17) is 5.11 Å². The highest BCUT2D eigenvalue weighted by atomic mass is 16.4. The SMILES string of the molecule is C[C@@H](NC(=O)N1CCC(N2CCN(Cc3ccccc3)CC2)CC1)C(=O)O. The molecule has 2 fully saturated rings. The van der Waals surface area contributed by atoms with Crippen molar-refractivity contribution in [2.75, 3.05) is 39.3 Å². The van der Waals surface area contributed by atoms with E-state index in [9.17, 15) is 9.59 Å². The lowest BCUT2D eigenvalue weighted by molar-refractivity contribution is -0.138. The number of benzene rings is 1. The van der Waals surface area contributed by atoms with E-state index in [1.807, 2.05) is 0 Å². The molecule has 2 aliphatic rings. The number of hydrogen-bond acceptors (Lipinski definition) is 4. The van der Waals surface area contributed by atoms with Crippen LogP contribution in [0.4, 0.5) is 4.79 Å². The zero-order valence-corrected chi connectivity index (χ0v) is 16.0. The molecular weight excluding hydrogens is 344 g/mol. The third kappa shape index (κ3) is 5.43. The van der Waals surface area contributed by atoms with Gasteiger partial charge in [-0.25, -0.2) is 4.79 Å². The van der Waals surface area contributed by atoms with Crippen molar-refractivity contribution < 1.29 is 14.7 Å². The first-order valence-electron chi connectivity index (χ1n) is 9.81. The molecule has 2 amide bonds. The minimum atomic E-state index is -1.01. The molecule has 2 aliphatic heterocycles. The summed E-state index contributed by atoms with van der Waals surface area (Å²) in [7, 11) is 0. The first kappa shape index (κ1) is 19.6. The van der Waals surface area contributed by atoms with E-state index in [2.05, 4.69) is 45.4 Å². The number of aliphatic carboxylic acids is 1. The van der Waals surface area contributed by atoms with Crippen LogP contribution in [0, 0.1) is 0 Å². The van der Waals surface area contributed by atoms with Gasteiger partial charge in [-0.05, 0) is 25.3 Å². The van der Waals surface area contributed by atoms with Gasteiger partial charge in [0.15, 0.2) is 0 Å². The van der Waals surface area contributed by atoms with Gasteiger partial charge in [-0.1, -0.05) is 30.3 Å². The van der Waals surface area contributed by atoms with Crippen LogP contribution >= 0.6 is 0 Å². The molecule has 0 bridgehead atoms. The van der Waals surface area contributed by atoms with Crippen LogP contribution in [0.3, 0.4) is 0 Å². The zero-order chi connectivity index (χ0) is 19.2. The van der Waals surface area contributed by atoms with Crippen LogP contribution in [-0.2, 0) is 11.3 Å². The number of carboxylic acid groups (broad SMARTS) is 1. The number of amides is 2. The number of nitrogens with zero attached hydrogens (tertiary/aromatic N) is 3. The van der Waals surface area contributed by atoms with Crippen molar-refractivity contribution in [1.82, 2.24) is 20.0 Å². The Bertz CT molecular complexity index is 623. The van der Waals surface area contributed by atoms with Crippen LogP contribution < -0.4 is 5.32 Å². The Balaban J connectivity index is 1.39. The van der Waals surface area contributed by atoms with E-state index in [1.54, 1.807) is 4.90 Å². The third-order valence-corrected chi connectivity index (χ3v) is 5.63. The molecule has 0 saturated carbocycles. The first-order valence-corrected chi connectivity index (χ1v) is 9.81. The molecule has 7 nitrogen and oxygen atoms in total. The number of carboxylic acids is 1. The molecule has 0 radical (unpaired) electrons. The molecule has 2 N–H and O–H groups in total. The van der Waals surface area contributed by atoms with Gasteiger partial charge in [0.05, 0.1) is 0 Å². The number of hydrogen-bond donors (Lipinski definition) is 2. The number of urea groups is 1. The number of carbonyl (C=O) groups excluding carboxylic acids is 1. The predicted molar refractivity (Wildman–Crippen MR) is 104 cm³/mol. The maximum absolute atomic E-state index is 12.1. The Kier molecular flexibility index (Phi) is 6.68. The van der Waals surface area contributed by atoms with E-state index >= 15 is 0 Å². The number of piperidine rings is 1. The molecule has 0 spiro atoms. The van der Waals surface area contributed by atoms with Crippen LogP contribution in [0.1, 0.15) is 25.3 Å². The molecule has 2 heterocycles. The summed E-state index contributed by atoms with van der Waals surface area (Å²) in [6, 6.07) is 9.99. The number of likely N-dealkylation sites (tertiary alicyclic amines) is 1. The Labute approximate surface area is 160 Å². The van der Waals surface area contributed by atoms with Crippen LogP contribution in [0.15, 0.2) is 30.3 Å². The largest absolute Gasteiger partial charge is 0.480 e. The molecule has 7 heteroatoms. The van der Waals surface area contributed by atoms with Gasteiger partial charge in [-0.3, -0.25) is 14.6 Å². The molecule has 0 aliphatic carbocycles. The molecule has 3 rings (SSSR count). The average Bonchev–Trinajstić information content (AvgIpc) is 2.69. The average molecular weight is 374 g/mol. The maximum atomic E-state index is 12.1. The van der Waals surface area contributed by atoms with Gasteiger partial charge in [-0.2, -0.15) is 0 Å². The van der Waals surface area contributed by atoms with Crippen molar-refractivity contribution in [3.8, 4) is 0 Å². The van der Waals surface area contributed by atoms with Crippen LogP contribution in [0.2, 0.25) is 0 Å². The topological polar surface area (TPSA) is 76.1 Å². The second-order valence-corrected chi connectivity index (χ2v) is 7.53. The molecule has 27 heavy (non-hydrogen) atoms.